The van der Waals surface area contributed by atoms with Crippen LogP contribution in [0.3, 0.4) is 0 Å². The summed E-state index contributed by atoms with van der Waals surface area (Å²) in [5.41, 5.74) is 5.92. The van der Waals surface area contributed by atoms with Gasteiger partial charge >= 0.3 is 0 Å². The molecule has 43 heavy (non-hydrogen) atoms. The van der Waals surface area contributed by atoms with Gasteiger partial charge in [-0.15, -0.1) is 5.69 Å². The molecule has 0 aliphatic rings. The molecule has 3 aromatic rings. The largest absolute Gasteiger partial charge is 0.625 e. The molecule has 1 radical (unpaired) electrons. The Morgan fingerprint density at radius 3 is 2.02 bits per heavy atom. The Hall–Kier alpha value is -3.53. The number of rotatable bonds is 9. The molecule has 0 aromatic heterocycles. The van der Waals surface area contributed by atoms with Crippen LogP contribution in [-0.4, -0.2) is 48.9 Å². The number of nitriles is 1. The van der Waals surface area contributed by atoms with Gasteiger partial charge in [0, 0.05) is 51.4 Å². The Bertz CT molecular complexity index is 1380. The average molecular weight is 703 g/mol. The second-order valence-electron chi connectivity index (χ2n) is 8.29. The van der Waals surface area contributed by atoms with Crippen molar-refractivity contribution < 1.29 is 57.0 Å². The van der Waals surface area contributed by atoms with Crippen LogP contribution in [0.4, 0.5) is 5.69 Å². The van der Waals surface area contributed by atoms with Crippen LogP contribution in [-0.2, 0) is 42.3 Å². The van der Waals surface area contributed by atoms with Gasteiger partial charge in [0.25, 0.3) is 18.3 Å². The van der Waals surface area contributed by atoms with Gasteiger partial charge in [-0.3, -0.25) is 19.2 Å². The number of amides is 3. The normalized spacial score (nSPS) is 9.21. The minimum absolute atomic E-state index is 0. The predicted molar refractivity (Wildman–Crippen MR) is 163 cm³/mol. The molecule has 0 spiro atoms. The molecule has 11 nitrogen and oxygen atoms in total. The van der Waals surface area contributed by atoms with E-state index in [0.717, 1.165) is 11.1 Å². The summed E-state index contributed by atoms with van der Waals surface area (Å²) in [5.74, 6) is 3.70. The molecule has 225 valence electrons. The van der Waals surface area contributed by atoms with Crippen LogP contribution < -0.4 is 21.8 Å². The summed E-state index contributed by atoms with van der Waals surface area (Å²) >= 11 is 12.6. The second-order valence-corrected chi connectivity index (χ2v) is 9.11. The van der Waals surface area contributed by atoms with Gasteiger partial charge in [-0.25, -0.2) is 0 Å². The van der Waals surface area contributed by atoms with E-state index in [9.17, 15) is 14.4 Å². The van der Waals surface area contributed by atoms with Crippen molar-refractivity contribution in [3.05, 3.63) is 92.8 Å². The maximum atomic E-state index is 12.6. The number of nitrogens with one attached hydrogen (secondary N) is 3. The molecular formula is C29H31Cl2N6O5Y-. The van der Waals surface area contributed by atoms with E-state index in [0.29, 0.717) is 0 Å². The van der Waals surface area contributed by atoms with Gasteiger partial charge in [0.15, 0.2) is 0 Å². The molecule has 14 heteroatoms. The van der Waals surface area contributed by atoms with Gasteiger partial charge in [-0.2, -0.15) is 5.26 Å². The van der Waals surface area contributed by atoms with Gasteiger partial charge in [0.05, 0.1) is 33.8 Å². The maximum Gasteiger partial charge on any atom is 0.290 e. The van der Waals surface area contributed by atoms with E-state index in [4.69, 9.17) is 44.2 Å². The molecule has 6 N–H and O–H groups in total. The number of benzene rings is 3. The Labute approximate surface area is 285 Å². The summed E-state index contributed by atoms with van der Waals surface area (Å²) in [6, 6.07) is 18.9. The van der Waals surface area contributed by atoms with Crippen LogP contribution >= 0.6 is 23.2 Å². The summed E-state index contributed by atoms with van der Waals surface area (Å²) in [6.07, 6.45) is 1.25. The molecule has 0 heterocycles. The first-order chi connectivity index (χ1) is 20.1. The zero-order chi connectivity index (χ0) is 31.5. The van der Waals surface area contributed by atoms with Gasteiger partial charge < -0.3 is 32.3 Å². The molecule has 0 fully saturated rings. The van der Waals surface area contributed by atoms with E-state index in [1.54, 1.807) is 12.1 Å². The number of nitrogens with two attached hydrogens (primary N) is 1. The van der Waals surface area contributed by atoms with Gasteiger partial charge in [0.1, 0.15) is 0 Å². The number of halogens is 2. The molecule has 0 atom stereocenters. The second kappa shape index (κ2) is 22.1. The maximum absolute atomic E-state index is 12.6. The number of carbonyl (C=O) groups is 4. The summed E-state index contributed by atoms with van der Waals surface area (Å²) < 4.78 is 0. The van der Waals surface area contributed by atoms with Crippen LogP contribution in [0.25, 0.3) is 16.6 Å². The average Bonchev–Trinajstić information content (AvgIpc) is 2.98. The number of nitrogens with zero attached hydrogens (tertiary/aromatic N) is 2. The summed E-state index contributed by atoms with van der Waals surface area (Å²) in [7, 11) is 0. The molecular weight excluding hydrogens is 672 g/mol. The fourth-order valence-electron chi connectivity index (χ4n) is 3.26. The van der Waals surface area contributed by atoms with E-state index in [-0.39, 0.29) is 91.2 Å². The molecule has 0 unspecified atom stereocenters. The molecule has 0 aliphatic heterocycles. The van der Waals surface area contributed by atoms with Crippen molar-refractivity contribution in [2.45, 2.75) is 20.3 Å². The van der Waals surface area contributed by atoms with Crippen molar-refractivity contribution in [2.24, 2.45) is 5.84 Å². The minimum atomic E-state index is -0.566. The quantitative estimate of drug-likeness (QED) is 0.0916. The van der Waals surface area contributed by atoms with Crippen LogP contribution in [0.5, 0.6) is 0 Å². The van der Waals surface area contributed by atoms with Gasteiger partial charge in [-0.05, 0) is 29.3 Å². The van der Waals surface area contributed by atoms with Crippen LogP contribution in [0, 0.1) is 11.3 Å². The Balaban J connectivity index is 0.00000232. The first kappa shape index (κ1) is 39.5. The molecule has 3 rings (SSSR count). The Morgan fingerprint density at radius 1 is 0.930 bits per heavy atom. The standard InChI is InChI=1S/C25H21Cl2N6O3.C3H8.CH2O2.Y/c26-20-11-17(16-4-2-1-3-5-16)12-21(27)23(20)25(36)31-7-6-30-22(34)14-32-24(35)18-8-15(13-28)9-19(10-18)33-29;1-3-2;2-1-3;/h1-5,8-12H,6-7,14,29H2,(H,30,34)(H,31,36)(H,32,35);3H2,1-2H3;1H,(H,2,3);/q-1;;;. The molecule has 0 saturated heterocycles. The monoisotopic (exact) mass is 702 g/mol. The van der Waals surface area contributed by atoms with Gasteiger partial charge in [-0.1, -0.05) is 85.9 Å². The van der Waals surface area contributed by atoms with Crippen molar-refractivity contribution in [1.29, 1.82) is 5.26 Å². The Kier molecular flexibility index (Phi) is 20.3. The topological polar surface area (TPSA) is 189 Å². The number of carbonyl (C=O) groups excluding carboxylic acids is 3. The third kappa shape index (κ3) is 14.0. The summed E-state index contributed by atoms with van der Waals surface area (Å²) in [5, 5.41) is 24.0. The molecule has 0 saturated carbocycles. The number of hydrogen-bond donors (Lipinski definition) is 5. The van der Waals surface area contributed by atoms with E-state index in [2.05, 4.69) is 35.2 Å². The first-order valence-electron chi connectivity index (χ1n) is 12.6. The first-order valence-corrected chi connectivity index (χ1v) is 13.3. The smallest absolute Gasteiger partial charge is 0.290 e. The third-order valence-electron chi connectivity index (χ3n) is 4.98. The fourth-order valence-corrected chi connectivity index (χ4v) is 3.92. The van der Waals surface area contributed by atoms with Gasteiger partial charge in [0.2, 0.25) is 5.91 Å². The molecule has 0 bridgehead atoms. The van der Waals surface area contributed by atoms with Crippen molar-refractivity contribution >= 4 is 53.1 Å². The fraction of sp³-hybridized carbons (Fsp3) is 0.207. The molecule has 0 aliphatic carbocycles. The van der Waals surface area contributed by atoms with Crippen molar-refractivity contribution in [1.82, 2.24) is 16.0 Å². The predicted octanol–water partition coefficient (Wildman–Crippen LogP) is 4.80. The molecule has 3 aromatic carbocycles. The van der Waals surface area contributed by atoms with Crippen LogP contribution in [0.15, 0.2) is 60.7 Å². The number of carboxylic acid groups (broad SMARTS) is 1. The van der Waals surface area contributed by atoms with E-state index >= 15 is 0 Å². The van der Waals surface area contributed by atoms with E-state index < -0.39 is 17.7 Å². The van der Waals surface area contributed by atoms with Crippen LogP contribution in [0.1, 0.15) is 46.5 Å². The van der Waals surface area contributed by atoms with Crippen molar-refractivity contribution in [2.75, 3.05) is 19.6 Å². The number of hydrogen-bond acceptors (Lipinski definition) is 6. The summed E-state index contributed by atoms with van der Waals surface area (Å²) in [4.78, 5) is 45.3. The molecule has 3 amide bonds. The minimum Gasteiger partial charge on any atom is -0.625 e. The SMILES string of the molecule is CCC.N#Cc1cc([N-]N)cc(C(=O)NCC(=O)NCCNC(=O)c2c(Cl)cc(-c3ccccc3)cc2Cl)c1.O=CO.[Y]. The van der Waals surface area contributed by atoms with E-state index in [1.807, 2.05) is 36.4 Å². The van der Waals surface area contributed by atoms with Crippen molar-refractivity contribution in [3.63, 3.8) is 0 Å². The zero-order valence-corrected chi connectivity index (χ0v) is 27.9. The van der Waals surface area contributed by atoms with Crippen molar-refractivity contribution in [3.8, 4) is 17.2 Å². The van der Waals surface area contributed by atoms with Crippen LogP contribution in [0.2, 0.25) is 10.0 Å². The van der Waals surface area contributed by atoms with E-state index in [1.165, 1.54) is 24.6 Å². The third-order valence-corrected chi connectivity index (χ3v) is 5.57. The Morgan fingerprint density at radius 2 is 1.49 bits per heavy atom. The summed E-state index contributed by atoms with van der Waals surface area (Å²) in [6.45, 7) is 3.91. The zero-order valence-electron chi connectivity index (χ0n) is 23.6.